The third-order valence-electron chi connectivity index (χ3n) is 2.72. The van der Waals surface area contributed by atoms with Crippen molar-refractivity contribution >= 4 is 11.8 Å². The topological polar surface area (TPSA) is 59.3 Å². The molecule has 7 heteroatoms. The fraction of sp³-hybridized carbons (Fsp3) is 0.0769. The Morgan fingerprint density at radius 1 is 1.15 bits per heavy atom. The van der Waals surface area contributed by atoms with Gasteiger partial charge in [0.1, 0.15) is 5.69 Å². The van der Waals surface area contributed by atoms with Crippen molar-refractivity contribution in [3.8, 4) is 5.69 Å². The average molecular weight is 283 g/mol. The van der Waals surface area contributed by atoms with E-state index in [-0.39, 0.29) is 5.56 Å². The number of hydrogen-bond donors (Lipinski definition) is 1. The zero-order chi connectivity index (χ0) is 15.0. The number of rotatable bonds is 3. The molecular formula is C13H8F3NO3. The molecule has 1 N–H and O–H groups in total. The van der Waals surface area contributed by atoms with Gasteiger partial charge in [0.25, 0.3) is 0 Å². The Bertz CT molecular complexity index is 722. The standard InChI is InChI=1S/C13H8F3NO3/c1-6(18)7-4-10(13(19)20)17(5-7)9-3-2-8(14)11(15)12(9)16/h2-5H,1H3,(H,19,20). The van der Waals surface area contributed by atoms with Crippen LogP contribution in [0.2, 0.25) is 0 Å². The van der Waals surface area contributed by atoms with Crippen LogP contribution >= 0.6 is 0 Å². The van der Waals surface area contributed by atoms with Gasteiger partial charge in [0.15, 0.2) is 23.2 Å². The van der Waals surface area contributed by atoms with Crippen LogP contribution in [0.15, 0.2) is 24.4 Å². The summed E-state index contributed by atoms with van der Waals surface area (Å²) in [7, 11) is 0. The summed E-state index contributed by atoms with van der Waals surface area (Å²) < 4.78 is 40.5. The van der Waals surface area contributed by atoms with Gasteiger partial charge in [-0.05, 0) is 25.1 Å². The summed E-state index contributed by atoms with van der Waals surface area (Å²) in [6.45, 7) is 1.20. The van der Waals surface area contributed by atoms with Gasteiger partial charge in [0.2, 0.25) is 0 Å². The second-order valence-corrected chi connectivity index (χ2v) is 4.04. The third-order valence-corrected chi connectivity index (χ3v) is 2.72. The number of nitrogens with zero attached hydrogens (tertiary/aromatic N) is 1. The van der Waals surface area contributed by atoms with Crippen LogP contribution in [0.3, 0.4) is 0 Å². The maximum Gasteiger partial charge on any atom is 0.352 e. The molecule has 0 unspecified atom stereocenters. The summed E-state index contributed by atoms with van der Waals surface area (Å²) in [5, 5.41) is 9.01. The first-order valence-electron chi connectivity index (χ1n) is 5.43. The summed E-state index contributed by atoms with van der Waals surface area (Å²) >= 11 is 0. The molecule has 0 aliphatic rings. The highest BCUT2D eigenvalue weighted by molar-refractivity contribution is 5.97. The Hall–Kier alpha value is -2.57. The molecule has 0 bridgehead atoms. The van der Waals surface area contributed by atoms with E-state index in [9.17, 15) is 22.8 Å². The largest absolute Gasteiger partial charge is 0.477 e. The monoisotopic (exact) mass is 283 g/mol. The molecule has 0 aliphatic carbocycles. The van der Waals surface area contributed by atoms with Gasteiger partial charge < -0.3 is 9.67 Å². The van der Waals surface area contributed by atoms with Crippen molar-refractivity contribution in [2.75, 3.05) is 0 Å². The molecule has 0 amide bonds. The average Bonchev–Trinajstić information content (AvgIpc) is 2.81. The molecule has 20 heavy (non-hydrogen) atoms. The van der Waals surface area contributed by atoms with Crippen LogP contribution in [-0.4, -0.2) is 21.4 Å². The number of Topliss-reactive ketones (excluding diaryl/α,β-unsaturated/α-hetero) is 1. The lowest BCUT2D eigenvalue weighted by Gasteiger charge is -2.08. The van der Waals surface area contributed by atoms with Gasteiger partial charge in [0, 0.05) is 11.8 Å². The van der Waals surface area contributed by atoms with E-state index < -0.39 is 40.6 Å². The number of carboxylic acids is 1. The van der Waals surface area contributed by atoms with Gasteiger partial charge >= 0.3 is 5.97 Å². The molecule has 104 valence electrons. The zero-order valence-corrected chi connectivity index (χ0v) is 10.2. The molecule has 4 nitrogen and oxygen atoms in total. The minimum atomic E-state index is -1.71. The number of halogens is 3. The summed E-state index contributed by atoms with van der Waals surface area (Å²) in [5.74, 6) is -6.49. The number of benzene rings is 1. The van der Waals surface area contributed by atoms with Crippen molar-refractivity contribution < 1.29 is 27.9 Å². The number of carboxylic acid groups (broad SMARTS) is 1. The predicted octanol–water partition coefficient (Wildman–Crippen LogP) is 2.80. The van der Waals surface area contributed by atoms with E-state index in [1.165, 1.54) is 6.92 Å². The number of aromatic carboxylic acids is 1. The van der Waals surface area contributed by atoms with Crippen molar-refractivity contribution in [3.05, 3.63) is 53.1 Å². The van der Waals surface area contributed by atoms with E-state index in [2.05, 4.69) is 0 Å². The number of hydrogen-bond acceptors (Lipinski definition) is 2. The predicted molar refractivity (Wildman–Crippen MR) is 62.6 cm³/mol. The van der Waals surface area contributed by atoms with Crippen LogP contribution in [-0.2, 0) is 0 Å². The Balaban J connectivity index is 2.72. The quantitative estimate of drug-likeness (QED) is 0.696. The van der Waals surface area contributed by atoms with E-state index in [0.29, 0.717) is 6.07 Å². The van der Waals surface area contributed by atoms with Crippen LogP contribution in [0.4, 0.5) is 13.2 Å². The van der Waals surface area contributed by atoms with Crippen LogP contribution in [0, 0.1) is 17.5 Å². The Morgan fingerprint density at radius 3 is 2.35 bits per heavy atom. The Labute approximate surface area is 111 Å². The zero-order valence-electron chi connectivity index (χ0n) is 10.2. The first kappa shape index (κ1) is 13.9. The van der Waals surface area contributed by atoms with Crippen LogP contribution in [0.25, 0.3) is 5.69 Å². The normalized spacial score (nSPS) is 10.6. The second kappa shape index (κ2) is 4.84. The molecule has 0 aliphatic heterocycles. The highest BCUT2D eigenvalue weighted by Gasteiger charge is 2.21. The van der Waals surface area contributed by atoms with Crippen molar-refractivity contribution in [2.24, 2.45) is 0 Å². The minimum Gasteiger partial charge on any atom is -0.477 e. The van der Waals surface area contributed by atoms with Crippen molar-refractivity contribution in [1.29, 1.82) is 0 Å². The second-order valence-electron chi connectivity index (χ2n) is 4.04. The molecule has 2 aromatic rings. The number of carbonyl (C=O) groups excluding carboxylic acids is 1. The first-order chi connectivity index (χ1) is 9.32. The number of carbonyl (C=O) groups is 2. The summed E-state index contributed by atoms with van der Waals surface area (Å²) in [6.07, 6.45) is 1.06. The molecule has 1 aromatic carbocycles. The summed E-state index contributed by atoms with van der Waals surface area (Å²) in [6, 6.07) is 2.60. The van der Waals surface area contributed by atoms with E-state index in [1.54, 1.807) is 0 Å². The van der Waals surface area contributed by atoms with Crippen LogP contribution in [0.5, 0.6) is 0 Å². The highest BCUT2D eigenvalue weighted by Crippen LogP contribution is 2.22. The maximum absolute atomic E-state index is 13.7. The van der Waals surface area contributed by atoms with E-state index in [4.69, 9.17) is 5.11 Å². The van der Waals surface area contributed by atoms with Crippen molar-refractivity contribution in [3.63, 3.8) is 0 Å². The SMILES string of the molecule is CC(=O)c1cc(C(=O)O)n(-c2ccc(F)c(F)c2F)c1. The third kappa shape index (κ3) is 2.18. The smallest absolute Gasteiger partial charge is 0.352 e. The fourth-order valence-corrected chi connectivity index (χ4v) is 1.72. The van der Waals surface area contributed by atoms with Gasteiger partial charge in [-0.25, -0.2) is 18.0 Å². The maximum atomic E-state index is 13.7. The van der Waals surface area contributed by atoms with Gasteiger partial charge in [-0.3, -0.25) is 4.79 Å². The van der Waals surface area contributed by atoms with Gasteiger partial charge in [-0.15, -0.1) is 0 Å². The Morgan fingerprint density at radius 2 is 1.80 bits per heavy atom. The van der Waals surface area contributed by atoms with Gasteiger partial charge in [-0.2, -0.15) is 0 Å². The molecule has 0 spiro atoms. The van der Waals surface area contributed by atoms with E-state index in [0.717, 1.165) is 22.9 Å². The lowest BCUT2D eigenvalue weighted by molar-refractivity contribution is 0.0688. The molecule has 0 saturated heterocycles. The lowest BCUT2D eigenvalue weighted by atomic mass is 10.2. The fourth-order valence-electron chi connectivity index (χ4n) is 1.72. The number of ketones is 1. The molecule has 2 rings (SSSR count). The summed E-state index contributed by atoms with van der Waals surface area (Å²) in [4.78, 5) is 22.3. The number of aromatic nitrogens is 1. The van der Waals surface area contributed by atoms with Crippen molar-refractivity contribution in [1.82, 2.24) is 4.57 Å². The van der Waals surface area contributed by atoms with E-state index >= 15 is 0 Å². The first-order valence-corrected chi connectivity index (χ1v) is 5.43. The molecule has 0 atom stereocenters. The molecule has 0 radical (unpaired) electrons. The van der Waals surface area contributed by atoms with Gasteiger partial charge in [-0.1, -0.05) is 0 Å². The van der Waals surface area contributed by atoms with Gasteiger partial charge in [0.05, 0.1) is 5.69 Å². The molecule has 0 saturated carbocycles. The van der Waals surface area contributed by atoms with E-state index in [1.807, 2.05) is 0 Å². The Kier molecular flexibility index (Phi) is 3.35. The van der Waals surface area contributed by atoms with Crippen molar-refractivity contribution in [2.45, 2.75) is 6.92 Å². The molecule has 0 fully saturated rings. The van der Waals surface area contributed by atoms with Crippen LogP contribution in [0.1, 0.15) is 27.8 Å². The van der Waals surface area contributed by atoms with Crippen LogP contribution < -0.4 is 0 Å². The molecule has 1 aromatic heterocycles. The minimum absolute atomic E-state index is 0.0199. The summed E-state index contributed by atoms with van der Waals surface area (Å²) in [5.41, 5.74) is -0.902. The highest BCUT2D eigenvalue weighted by atomic mass is 19.2. The molecule has 1 heterocycles. The lowest BCUT2D eigenvalue weighted by Crippen LogP contribution is -2.08. The molecular weight excluding hydrogens is 275 g/mol.